The third kappa shape index (κ3) is 2.76. The Morgan fingerprint density at radius 2 is 1.96 bits per heavy atom. The number of nitrogens with one attached hydrogen (secondary N) is 1. The molecule has 0 fully saturated rings. The van der Waals surface area contributed by atoms with Crippen LogP contribution in [-0.4, -0.2) is 9.78 Å². The first kappa shape index (κ1) is 18.2. The fourth-order valence-corrected chi connectivity index (χ4v) is 3.99. The molecular formula is C20H14Cl2N4O2. The minimum absolute atomic E-state index is 0.0875. The van der Waals surface area contributed by atoms with E-state index in [9.17, 15) is 10.1 Å². The van der Waals surface area contributed by atoms with Gasteiger partial charge in [-0.2, -0.15) is 5.26 Å². The lowest BCUT2D eigenvalue weighted by Crippen LogP contribution is -2.26. The van der Waals surface area contributed by atoms with Crippen molar-refractivity contribution in [3.63, 3.8) is 0 Å². The first-order valence-electron chi connectivity index (χ1n) is 8.35. The third-order valence-electron chi connectivity index (χ3n) is 4.65. The molecule has 0 aliphatic carbocycles. The number of hydrogen-bond donors (Lipinski definition) is 2. The molecule has 2 aromatic carbocycles. The molecule has 8 heteroatoms. The monoisotopic (exact) mass is 412 g/mol. The minimum Gasteiger partial charge on any atom is -0.439 e. The SMILES string of the molecule is Cc1[nH]n(-c2ccccc2)c(=O)c1C1C(C#N)=C(N)Oc2c(Cl)cc(Cl)cc21. The number of aromatic amines is 1. The maximum Gasteiger partial charge on any atom is 0.275 e. The molecular weight excluding hydrogens is 399 g/mol. The zero-order valence-corrected chi connectivity index (χ0v) is 16.2. The number of fused-ring (bicyclic) bond motifs is 1. The van der Waals surface area contributed by atoms with Crippen LogP contribution in [0.2, 0.25) is 10.0 Å². The van der Waals surface area contributed by atoms with E-state index in [2.05, 4.69) is 11.2 Å². The summed E-state index contributed by atoms with van der Waals surface area (Å²) >= 11 is 12.5. The highest BCUT2D eigenvalue weighted by atomic mass is 35.5. The Balaban J connectivity index is 2.01. The number of ether oxygens (including phenoxy) is 1. The van der Waals surface area contributed by atoms with Crippen LogP contribution in [0.4, 0.5) is 0 Å². The Bertz CT molecular complexity index is 1220. The Morgan fingerprint density at radius 1 is 1.25 bits per heavy atom. The maximum absolute atomic E-state index is 13.3. The van der Waals surface area contributed by atoms with Gasteiger partial charge in [-0.1, -0.05) is 41.4 Å². The van der Waals surface area contributed by atoms with Crippen LogP contribution in [0.25, 0.3) is 5.69 Å². The van der Waals surface area contributed by atoms with Crippen LogP contribution in [0, 0.1) is 18.3 Å². The molecule has 2 heterocycles. The van der Waals surface area contributed by atoms with Gasteiger partial charge in [0.2, 0.25) is 5.88 Å². The molecule has 0 bridgehead atoms. The Morgan fingerprint density at radius 3 is 2.64 bits per heavy atom. The molecule has 4 rings (SSSR count). The van der Waals surface area contributed by atoms with Crippen LogP contribution < -0.4 is 16.0 Å². The molecule has 1 aromatic heterocycles. The summed E-state index contributed by atoms with van der Waals surface area (Å²) in [5.74, 6) is -0.548. The summed E-state index contributed by atoms with van der Waals surface area (Å²) in [6, 6.07) is 14.4. The molecule has 0 radical (unpaired) electrons. The highest BCUT2D eigenvalue weighted by molar-refractivity contribution is 6.35. The van der Waals surface area contributed by atoms with Crippen LogP contribution >= 0.6 is 23.2 Å². The van der Waals surface area contributed by atoms with Crippen LogP contribution in [0.1, 0.15) is 22.7 Å². The number of benzene rings is 2. The fourth-order valence-electron chi connectivity index (χ4n) is 3.44. The van der Waals surface area contributed by atoms with Crippen molar-refractivity contribution in [1.82, 2.24) is 9.78 Å². The lowest BCUT2D eigenvalue weighted by Gasteiger charge is -2.26. The van der Waals surface area contributed by atoms with Gasteiger partial charge >= 0.3 is 0 Å². The number of aromatic nitrogens is 2. The van der Waals surface area contributed by atoms with Crippen molar-refractivity contribution < 1.29 is 4.74 Å². The van der Waals surface area contributed by atoms with Crippen molar-refractivity contribution in [2.24, 2.45) is 5.73 Å². The number of para-hydroxylation sites is 1. The van der Waals surface area contributed by atoms with Crippen LogP contribution in [0.15, 0.2) is 58.7 Å². The van der Waals surface area contributed by atoms with Gasteiger partial charge in [0.15, 0.2) is 5.75 Å². The van der Waals surface area contributed by atoms with Crippen LogP contribution in [-0.2, 0) is 0 Å². The summed E-state index contributed by atoms with van der Waals surface area (Å²) in [4.78, 5) is 13.3. The topological polar surface area (TPSA) is 96.8 Å². The number of nitrogens with two attached hydrogens (primary N) is 1. The number of aryl methyl sites for hydroxylation is 1. The van der Waals surface area contributed by atoms with Gasteiger partial charge in [-0.25, -0.2) is 4.68 Å². The molecule has 0 saturated carbocycles. The van der Waals surface area contributed by atoms with E-state index in [-0.39, 0.29) is 22.0 Å². The van der Waals surface area contributed by atoms with Gasteiger partial charge in [0.1, 0.15) is 11.6 Å². The number of halogens is 2. The predicted octanol–water partition coefficient (Wildman–Crippen LogP) is 4.00. The number of rotatable bonds is 2. The van der Waals surface area contributed by atoms with E-state index in [1.165, 1.54) is 10.7 Å². The Kier molecular flexibility index (Phi) is 4.42. The molecule has 3 aromatic rings. The minimum atomic E-state index is -0.751. The van der Waals surface area contributed by atoms with E-state index in [0.29, 0.717) is 33.3 Å². The fraction of sp³-hybridized carbons (Fsp3) is 0.100. The molecule has 0 saturated heterocycles. The quantitative estimate of drug-likeness (QED) is 0.664. The van der Waals surface area contributed by atoms with Gasteiger partial charge in [-0.05, 0) is 31.2 Å². The van der Waals surface area contributed by atoms with Gasteiger partial charge in [0.05, 0.1) is 22.2 Å². The Hall–Kier alpha value is -3.14. The average Bonchev–Trinajstić information content (AvgIpc) is 2.96. The van der Waals surface area contributed by atoms with Gasteiger partial charge < -0.3 is 10.5 Å². The Labute approximate surface area is 170 Å². The second-order valence-corrected chi connectivity index (χ2v) is 7.20. The van der Waals surface area contributed by atoms with E-state index in [0.717, 1.165) is 0 Å². The molecule has 28 heavy (non-hydrogen) atoms. The van der Waals surface area contributed by atoms with E-state index in [1.807, 2.05) is 30.3 Å². The maximum atomic E-state index is 13.3. The van der Waals surface area contributed by atoms with Gasteiger partial charge in [0, 0.05) is 16.3 Å². The number of allylic oxidation sites excluding steroid dienone is 1. The van der Waals surface area contributed by atoms with Crippen molar-refractivity contribution in [2.45, 2.75) is 12.8 Å². The standard InChI is InChI=1S/C20H14Cl2N4O2/c1-10-16(20(27)26(25-10)12-5-3-2-4-6-12)17-13-7-11(21)8-15(22)18(13)28-19(24)14(17)9-23/h2-8,17,25H,24H2,1H3. The highest BCUT2D eigenvalue weighted by Crippen LogP contribution is 2.46. The second-order valence-electron chi connectivity index (χ2n) is 6.36. The molecule has 1 atom stereocenters. The number of nitrogens with zero attached hydrogens (tertiary/aromatic N) is 2. The molecule has 6 nitrogen and oxygen atoms in total. The summed E-state index contributed by atoms with van der Waals surface area (Å²) in [6.45, 7) is 1.77. The smallest absolute Gasteiger partial charge is 0.275 e. The van der Waals surface area contributed by atoms with Gasteiger partial charge in [0.25, 0.3) is 5.56 Å². The van der Waals surface area contributed by atoms with Crippen molar-refractivity contribution in [3.05, 3.63) is 91.1 Å². The van der Waals surface area contributed by atoms with Crippen molar-refractivity contribution in [3.8, 4) is 17.5 Å². The normalized spacial score (nSPS) is 15.7. The van der Waals surface area contributed by atoms with Gasteiger partial charge in [-0.3, -0.25) is 9.89 Å². The lowest BCUT2D eigenvalue weighted by molar-refractivity contribution is 0.393. The van der Waals surface area contributed by atoms with Crippen LogP contribution in [0.3, 0.4) is 0 Å². The molecule has 3 N–H and O–H groups in total. The number of H-pyrrole nitrogens is 1. The van der Waals surface area contributed by atoms with E-state index in [1.54, 1.807) is 13.0 Å². The zero-order valence-electron chi connectivity index (χ0n) is 14.7. The molecule has 140 valence electrons. The average molecular weight is 413 g/mol. The third-order valence-corrected chi connectivity index (χ3v) is 5.15. The number of nitriles is 1. The zero-order chi connectivity index (χ0) is 20.0. The predicted molar refractivity (Wildman–Crippen MR) is 107 cm³/mol. The molecule has 0 spiro atoms. The van der Waals surface area contributed by atoms with E-state index >= 15 is 0 Å². The van der Waals surface area contributed by atoms with E-state index < -0.39 is 5.92 Å². The first-order valence-corrected chi connectivity index (χ1v) is 9.11. The summed E-state index contributed by atoms with van der Waals surface area (Å²) in [6.07, 6.45) is 0. The second kappa shape index (κ2) is 6.79. The van der Waals surface area contributed by atoms with Gasteiger partial charge in [-0.15, -0.1) is 0 Å². The van der Waals surface area contributed by atoms with Crippen LogP contribution in [0.5, 0.6) is 5.75 Å². The summed E-state index contributed by atoms with van der Waals surface area (Å²) in [5.41, 5.74) is 7.99. The first-order chi connectivity index (χ1) is 13.4. The summed E-state index contributed by atoms with van der Waals surface area (Å²) < 4.78 is 7.00. The molecule has 1 aliphatic rings. The molecule has 1 unspecified atom stereocenters. The summed E-state index contributed by atoms with van der Waals surface area (Å²) in [5, 5.41) is 13.4. The van der Waals surface area contributed by atoms with E-state index in [4.69, 9.17) is 33.7 Å². The largest absolute Gasteiger partial charge is 0.439 e. The molecule has 1 aliphatic heterocycles. The lowest BCUT2D eigenvalue weighted by atomic mass is 9.83. The number of hydrogen-bond acceptors (Lipinski definition) is 4. The van der Waals surface area contributed by atoms with Crippen molar-refractivity contribution >= 4 is 23.2 Å². The van der Waals surface area contributed by atoms with Crippen molar-refractivity contribution in [2.75, 3.05) is 0 Å². The highest BCUT2D eigenvalue weighted by Gasteiger charge is 2.36. The summed E-state index contributed by atoms with van der Waals surface area (Å²) in [7, 11) is 0. The van der Waals surface area contributed by atoms with Crippen molar-refractivity contribution in [1.29, 1.82) is 5.26 Å². The molecule has 0 amide bonds.